The minimum Gasteiger partial charge on any atom is -0.323 e. The zero-order chi connectivity index (χ0) is 17.6. The molecule has 6 heteroatoms. The molecule has 1 N–H and O–H groups in total. The van der Waals surface area contributed by atoms with Gasteiger partial charge in [-0.1, -0.05) is 28.1 Å². The predicted molar refractivity (Wildman–Crippen MR) is 99.5 cm³/mol. The average molecular weight is 400 g/mol. The molecule has 1 aromatic heterocycles. The molecule has 0 unspecified atom stereocenters. The molecule has 3 aromatic rings. The van der Waals surface area contributed by atoms with Crippen molar-refractivity contribution in [1.29, 1.82) is 0 Å². The summed E-state index contributed by atoms with van der Waals surface area (Å²) in [6.07, 6.45) is 6.35. The maximum atomic E-state index is 13.7. The van der Waals surface area contributed by atoms with Crippen molar-refractivity contribution in [2.75, 3.05) is 5.32 Å². The number of aromatic nitrogens is 2. The number of nitrogens with one attached hydrogen (secondary N) is 1. The highest BCUT2D eigenvalue weighted by molar-refractivity contribution is 9.10. The van der Waals surface area contributed by atoms with Gasteiger partial charge in [0.1, 0.15) is 5.82 Å². The molecule has 0 saturated heterocycles. The third-order valence-corrected chi connectivity index (χ3v) is 3.96. The lowest BCUT2D eigenvalue weighted by atomic mass is 10.2. The van der Waals surface area contributed by atoms with E-state index < -0.39 is 0 Å². The van der Waals surface area contributed by atoms with Gasteiger partial charge in [-0.15, -0.1) is 0 Å². The largest absolute Gasteiger partial charge is 0.323 e. The molecule has 0 radical (unpaired) electrons. The monoisotopic (exact) mass is 399 g/mol. The van der Waals surface area contributed by atoms with Crippen molar-refractivity contribution in [3.8, 4) is 0 Å². The highest BCUT2D eigenvalue weighted by Gasteiger charge is 2.03. The Morgan fingerprint density at radius 3 is 2.92 bits per heavy atom. The molecule has 0 fully saturated rings. The highest BCUT2D eigenvalue weighted by Crippen LogP contribution is 2.17. The van der Waals surface area contributed by atoms with Crippen LogP contribution in [0, 0.1) is 5.82 Å². The topological polar surface area (TPSA) is 46.9 Å². The Hall–Kier alpha value is -2.73. The van der Waals surface area contributed by atoms with E-state index in [9.17, 15) is 9.18 Å². The molecule has 1 amide bonds. The second-order valence-corrected chi connectivity index (χ2v) is 6.31. The number of benzene rings is 2. The van der Waals surface area contributed by atoms with Crippen molar-refractivity contribution in [2.24, 2.45) is 0 Å². The van der Waals surface area contributed by atoms with E-state index in [0.717, 1.165) is 10.0 Å². The van der Waals surface area contributed by atoms with Gasteiger partial charge in [-0.3, -0.25) is 9.48 Å². The molecule has 0 spiro atoms. The van der Waals surface area contributed by atoms with E-state index >= 15 is 0 Å². The fourth-order valence-electron chi connectivity index (χ4n) is 2.32. The average Bonchev–Trinajstić information content (AvgIpc) is 3.09. The van der Waals surface area contributed by atoms with Crippen LogP contribution in [0.2, 0.25) is 0 Å². The standard InChI is InChI=1S/C19H15BrFN3O/c20-16-6-7-18(21)15(12-16)5-8-19(25)23-17-4-1-3-14(11-17)13-24-10-2-9-22-24/h1-12H,13H2,(H,23,25)/b8-5+. The van der Waals surface area contributed by atoms with E-state index in [4.69, 9.17) is 0 Å². The number of hydrogen-bond donors (Lipinski definition) is 1. The van der Waals surface area contributed by atoms with E-state index in [0.29, 0.717) is 17.8 Å². The van der Waals surface area contributed by atoms with Crippen LogP contribution in [-0.2, 0) is 11.3 Å². The lowest BCUT2D eigenvalue weighted by Gasteiger charge is -2.06. The molecule has 0 aliphatic carbocycles. The Morgan fingerprint density at radius 2 is 2.12 bits per heavy atom. The lowest BCUT2D eigenvalue weighted by molar-refractivity contribution is -0.111. The SMILES string of the molecule is O=C(/C=C/c1cc(Br)ccc1F)Nc1cccc(Cn2cccn2)c1. The molecule has 0 aliphatic rings. The first-order chi connectivity index (χ1) is 12.1. The molecule has 0 bridgehead atoms. The minimum absolute atomic E-state index is 0.324. The fourth-order valence-corrected chi connectivity index (χ4v) is 2.70. The Kier molecular flexibility index (Phi) is 5.40. The normalized spacial score (nSPS) is 11.0. The third kappa shape index (κ3) is 4.87. The summed E-state index contributed by atoms with van der Waals surface area (Å²) in [6.45, 7) is 0.621. The van der Waals surface area contributed by atoms with Crippen molar-refractivity contribution >= 4 is 33.6 Å². The van der Waals surface area contributed by atoms with Crippen molar-refractivity contribution in [3.63, 3.8) is 0 Å². The molecular weight excluding hydrogens is 385 g/mol. The number of amides is 1. The smallest absolute Gasteiger partial charge is 0.248 e. The molecule has 3 rings (SSSR count). The number of carbonyl (C=O) groups excluding carboxylic acids is 1. The Labute approximate surface area is 153 Å². The van der Waals surface area contributed by atoms with E-state index in [2.05, 4.69) is 26.3 Å². The molecular formula is C19H15BrFN3O. The van der Waals surface area contributed by atoms with Gasteiger partial charge in [-0.05, 0) is 48.0 Å². The molecule has 0 atom stereocenters. The first-order valence-electron chi connectivity index (χ1n) is 7.61. The van der Waals surface area contributed by atoms with Crippen LogP contribution in [0.4, 0.5) is 10.1 Å². The summed E-state index contributed by atoms with van der Waals surface area (Å²) in [5.41, 5.74) is 2.04. The first-order valence-corrected chi connectivity index (χ1v) is 8.40. The number of carbonyl (C=O) groups is 1. The summed E-state index contributed by atoms with van der Waals surface area (Å²) in [6, 6.07) is 13.9. The second kappa shape index (κ2) is 7.90. The van der Waals surface area contributed by atoms with Gasteiger partial charge in [0.2, 0.25) is 5.91 Å². The maximum absolute atomic E-state index is 13.7. The van der Waals surface area contributed by atoms with E-state index in [1.807, 2.05) is 30.5 Å². The van der Waals surface area contributed by atoms with E-state index in [1.54, 1.807) is 29.1 Å². The van der Waals surface area contributed by atoms with Gasteiger partial charge in [0.05, 0.1) is 6.54 Å². The molecule has 2 aromatic carbocycles. The van der Waals surface area contributed by atoms with Crippen LogP contribution in [0.1, 0.15) is 11.1 Å². The highest BCUT2D eigenvalue weighted by atomic mass is 79.9. The van der Waals surface area contributed by atoms with Gasteiger partial charge in [-0.2, -0.15) is 5.10 Å². The van der Waals surface area contributed by atoms with Gasteiger partial charge < -0.3 is 5.32 Å². The van der Waals surface area contributed by atoms with Crippen LogP contribution in [0.15, 0.2) is 71.5 Å². The van der Waals surface area contributed by atoms with Crippen LogP contribution >= 0.6 is 15.9 Å². The van der Waals surface area contributed by atoms with Crippen molar-refractivity contribution in [2.45, 2.75) is 6.54 Å². The van der Waals surface area contributed by atoms with Crippen LogP contribution in [0.25, 0.3) is 6.08 Å². The van der Waals surface area contributed by atoms with Gasteiger partial charge >= 0.3 is 0 Å². The summed E-state index contributed by atoms with van der Waals surface area (Å²) >= 11 is 3.28. The number of anilines is 1. The van der Waals surface area contributed by atoms with Crippen molar-refractivity contribution in [1.82, 2.24) is 9.78 Å². The van der Waals surface area contributed by atoms with Gasteiger partial charge in [-0.25, -0.2) is 4.39 Å². The molecule has 4 nitrogen and oxygen atoms in total. The summed E-state index contributed by atoms with van der Waals surface area (Å²) < 4.78 is 16.2. The van der Waals surface area contributed by atoms with Crippen LogP contribution in [0.5, 0.6) is 0 Å². The van der Waals surface area contributed by atoms with Gasteiger partial charge in [0, 0.05) is 34.2 Å². The zero-order valence-electron chi connectivity index (χ0n) is 13.2. The summed E-state index contributed by atoms with van der Waals surface area (Å²) in [5.74, 6) is -0.705. The Morgan fingerprint density at radius 1 is 1.24 bits per heavy atom. The van der Waals surface area contributed by atoms with Crippen LogP contribution < -0.4 is 5.32 Å². The van der Waals surface area contributed by atoms with Crippen LogP contribution in [-0.4, -0.2) is 15.7 Å². The van der Waals surface area contributed by atoms with Gasteiger partial charge in [0.25, 0.3) is 0 Å². The lowest BCUT2D eigenvalue weighted by Crippen LogP contribution is -2.08. The quantitative estimate of drug-likeness (QED) is 0.642. The predicted octanol–water partition coefficient (Wildman–Crippen LogP) is 4.48. The van der Waals surface area contributed by atoms with Gasteiger partial charge in [0.15, 0.2) is 0 Å². The number of nitrogens with zero attached hydrogens (tertiary/aromatic N) is 2. The van der Waals surface area contributed by atoms with E-state index in [1.165, 1.54) is 18.2 Å². The summed E-state index contributed by atoms with van der Waals surface area (Å²) in [4.78, 5) is 12.1. The Balaban J connectivity index is 1.66. The third-order valence-electron chi connectivity index (χ3n) is 3.47. The van der Waals surface area contributed by atoms with Crippen molar-refractivity contribution < 1.29 is 9.18 Å². The first kappa shape index (κ1) is 17.1. The molecule has 25 heavy (non-hydrogen) atoms. The fraction of sp³-hybridized carbons (Fsp3) is 0.0526. The Bertz CT molecular complexity index is 907. The zero-order valence-corrected chi connectivity index (χ0v) is 14.8. The maximum Gasteiger partial charge on any atom is 0.248 e. The molecule has 0 aliphatic heterocycles. The molecule has 126 valence electrons. The summed E-state index contributed by atoms with van der Waals surface area (Å²) in [5, 5.41) is 6.94. The molecule has 1 heterocycles. The number of hydrogen-bond acceptors (Lipinski definition) is 2. The number of rotatable bonds is 5. The van der Waals surface area contributed by atoms with E-state index in [-0.39, 0.29) is 11.7 Å². The number of halogens is 2. The van der Waals surface area contributed by atoms with Crippen LogP contribution in [0.3, 0.4) is 0 Å². The van der Waals surface area contributed by atoms with Crippen molar-refractivity contribution in [3.05, 3.63) is 88.4 Å². The molecule has 0 saturated carbocycles. The second-order valence-electron chi connectivity index (χ2n) is 5.39. The summed E-state index contributed by atoms with van der Waals surface area (Å²) in [7, 11) is 0. The minimum atomic E-state index is -0.381.